The molecular formula is C17H15BrN4OS. The number of hydrogen-bond donors (Lipinski definition) is 2. The lowest BCUT2D eigenvalue weighted by atomic mass is 10.1. The van der Waals surface area contributed by atoms with Gasteiger partial charge < -0.3 is 5.32 Å². The third kappa shape index (κ3) is 3.98. The SMILES string of the molecule is Cc1ccc(NC(=O)Nc2nnc(-c3ccc(Br)cc3)s2)cc1C. The molecule has 7 heteroatoms. The lowest BCUT2D eigenvalue weighted by molar-refractivity contribution is 0.262. The lowest BCUT2D eigenvalue weighted by Gasteiger charge is -2.07. The van der Waals surface area contributed by atoms with Crippen LogP contribution in [0.25, 0.3) is 10.6 Å². The quantitative estimate of drug-likeness (QED) is 0.630. The van der Waals surface area contributed by atoms with E-state index in [0.29, 0.717) is 5.13 Å². The Labute approximate surface area is 152 Å². The number of halogens is 1. The Morgan fingerprint density at radius 1 is 1.00 bits per heavy atom. The number of amides is 2. The van der Waals surface area contributed by atoms with Gasteiger partial charge in [-0.15, -0.1) is 10.2 Å². The van der Waals surface area contributed by atoms with E-state index in [1.54, 1.807) is 0 Å². The molecule has 3 aromatic rings. The van der Waals surface area contributed by atoms with Crippen LogP contribution in [0.3, 0.4) is 0 Å². The van der Waals surface area contributed by atoms with Gasteiger partial charge in [-0.25, -0.2) is 4.79 Å². The summed E-state index contributed by atoms with van der Waals surface area (Å²) in [5.41, 5.74) is 4.01. The van der Waals surface area contributed by atoms with Crippen molar-refractivity contribution in [2.75, 3.05) is 10.6 Å². The zero-order valence-corrected chi connectivity index (χ0v) is 15.5. The van der Waals surface area contributed by atoms with Crippen LogP contribution in [0.15, 0.2) is 46.9 Å². The number of aromatic nitrogens is 2. The Kier molecular flexibility index (Phi) is 4.92. The molecule has 2 aromatic carbocycles. The zero-order valence-electron chi connectivity index (χ0n) is 13.1. The van der Waals surface area contributed by atoms with Crippen LogP contribution < -0.4 is 10.6 Å². The second-order valence-electron chi connectivity index (χ2n) is 5.30. The molecule has 0 fully saturated rings. The molecule has 0 atom stereocenters. The van der Waals surface area contributed by atoms with Crippen molar-refractivity contribution in [2.24, 2.45) is 0 Å². The Morgan fingerprint density at radius 2 is 1.75 bits per heavy atom. The van der Waals surface area contributed by atoms with Crippen molar-refractivity contribution in [1.82, 2.24) is 10.2 Å². The molecule has 0 spiro atoms. The Balaban J connectivity index is 1.66. The molecule has 1 aromatic heterocycles. The molecule has 5 nitrogen and oxygen atoms in total. The summed E-state index contributed by atoms with van der Waals surface area (Å²) in [4.78, 5) is 12.1. The van der Waals surface area contributed by atoms with E-state index in [2.05, 4.69) is 36.8 Å². The highest BCUT2D eigenvalue weighted by atomic mass is 79.9. The van der Waals surface area contributed by atoms with Crippen LogP contribution >= 0.6 is 27.3 Å². The number of carbonyl (C=O) groups is 1. The second-order valence-corrected chi connectivity index (χ2v) is 7.19. The van der Waals surface area contributed by atoms with Gasteiger partial charge in [-0.2, -0.15) is 0 Å². The second kappa shape index (κ2) is 7.11. The van der Waals surface area contributed by atoms with Crippen LogP contribution in [-0.2, 0) is 0 Å². The predicted octanol–water partition coefficient (Wildman–Crippen LogP) is 5.23. The van der Waals surface area contributed by atoms with Gasteiger partial charge >= 0.3 is 6.03 Å². The minimum Gasteiger partial charge on any atom is -0.308 e. The van der Waals surface area contributed by atoms with E-state index in [-0.39, 0.29) is 6.03 Å². The van der Waals surface area contributed by atoms with E-state index in [1.807, 2.05) is 56.3 Å². The molecule has 0 unspecified atom stereocenters. The third-order valence-corrected chi connectivity index (χ3v) is 4.92. The number of benzene rings is 2. The number of nitrogens with zero attached hydrogens (tertiary/aromatic N) is 2. The van der Waals surface area contributed by atoms with Crippen LogP contribution in [0, 0.1) is 13.8 Å². The number of rotatable bonds is 3. The molecule has 3 rings (SSSR count). The normalized spacial score (nSPS) is 10.5. The lowest BCUT2D eigenvalue weighted by Crippen LogP contribution is -2.19. The van der Waals surface area contributed by atoms with Gasteiger partial charge in [0.05, 0.1) is 0 Å². The number of nitrogens with one attached hydrogen (secondary N) is 2. The van der Waals surface area contributed by atoms with Gasteiger partial charge in [-0.3, -0.25) is 5.32 Å². The third-order valence-electron chi connectivity index (χ3n) is 3.50. The number of hydrogen-bond acceptors (Lipinski definition) is 4. The number of urea groups is 1. The fourth-order valence-corrected chi connectivity index (χ4v) is 3.07. The highest BCUT2D eigenvalue weighted by Crippen LogP contribution is 2.27. The van der Waals surface area contributed by atoms with Crippen LogP contribution in [0.2, 0.25) is 0 Å². The fourth-order valence-electron chi connectivity index (χ4n) is 2.06. The first kappa shape index (κ1) is 16.6. The van der Waals surface area contributed by atoms with E-state index in [4.69, 9.17) is 0 Å². The van der Waals surface area contributed by atoms with E-state index in [9.17, 15) is 4.79 Å². The summed E-state index contributed by atoms with van der Waals surface area (Å²) in [6.07, 6.45) is 0. The molecule has 122 valence electrons. The smallest absolute Gasteiger partial charge is 0.308 e. The molecule has 24 heavy (non-hydrogen) atoms. The topological polar surface area (TPSA) is 66.9 Å². The molecule has 0 saturated heterocycles. The summed E-state index contributed by atoms with van der Waals surface area (Å²) >= 11 is 4.73. The van der Waals surface area contributed by atoms with E-state index >= 15 is 0 Å². The summed E-state index contributed by atoms with van der Waals surface area (Å²) < 4.78 is 1.00. The van der Waals surface area contributed by atoms with Crippen LogP contribution in [0.4, 0.5) is 15.6 Å². The summed E-state index contributed by atoms with van der Waals surface area (Å²) in [6.45, 7) is 4.04. The van der Waals surface area contributed by atoms with Gasteiger partial charge in [0, 0.05) is 15.7 Å². The maximum absolute atomic E-state index is 12.1. The van der Waals surface area contributed by atoms with E-state index in [1.165, 1.54) is 16.9 Å². The minimum absolute atomic E-state index is 0.336. The maximum Gasteiger partial charge on any atom is 0.325 e. The summed E-state index contributed by atoms with van der Waals surface area (Å²) in [6, 6.07) is 13.2. The molecule has 0 aliphatic heterocycles. The molecule has 2 N–H and O–H groups in total. The van der Waals surface area contributed by atoms with Gasteiger partial charge in [0.1, 0.15) is 5.01 Å². The van der Waals surface area contributed by atoms with Crippen molar-refractivity contribution in [1.29, 1.82) is 0 Å². The molecule has 0 aliphatic carbocycles. The van der Waals surface area contributed by atoms with Gasteiger partial charge in [0.15, 0.2) is 0 Å². The summed E-state index contributed by atoms with van der Waals surface area (Å²) in [5, 5.41) is 14.8. The number of carbonyl (C=O) groups excluding carboxylic acids is 1. The van der Waals surface area contributed by atoms with Crippen molar-refractivity contribution < 1.29 is 4.79 Å². The van der Waals surface area contributed by atoms with Crippen LogP contribution in [-0.4, -0.2) is 16.2 Å². The first-order chi connectivity index (χ1) is 11.5. The van der Waals surface area contributed by atoms with Gasteiger partial charge in [0.25, 0.3) is 0 Å². The monoisotopic (exact) mass is 402 g/mol. The zero-order chi connectivity index (χ0) is 17.1. The minimum atomic E-state index is -0.336. The van der Waals surface area contributed by atoms with Crippen molar-refractivity contribution in [3.63, 3.8) is 0 Å². The molecule has 1 heterocycles. The number of anilines is 2. The molecular weight excluding hydrogens is 388 g/mol. The Bertz CT molecular complexity index is 877. The average Bonchev–Trinajstić information content (AvgIpc) is 3.00. The fraction of sp³-hybridized carbons (Fsp3) is 0.118. The Hall–Kier alpha value is -2.25. The first-order valence-electron chi connectivity index (χ1n) is 7.26. The van der Waals surface area contributed by atoms with Gasteiger partial charge in [-0.05, 0) is 49.2 Å². The summed E-state index contributed by atoms with van der Waals surface area (Å²) in [5.74, 6) is 0. The van der Waals surface area contributed by atoms with Gasteiger partial charge in [-0.1, -0.05) is 45.5 Å². The van der Waals surface area contributed by atoms with Crippen molar-refractivity contribution in [2.45, 2.75) is 13.8 Å². The van der Waals surface area contributed by atoms with Crippen molar-refractivity contribution in [3.8, 4) is 10.6 Å². The predicted molar refractivity (Wildman–Crippen MR) is 102 cm³/mol. The molecule has 0 radical (unpaired) electrons. The van der Waals surface area contributed by atoms with Crippen molar-refractivity contribution in [3.05, 3.63) is 58.1 Å². The highest BCUT2D eigenvalue weighted by Gasteiger charge is 2.10. The van der Waals surface area contributed by atoms with Crippen molar-refractivity contribution >= 4 is 44.1 Å². The largest absolute Gasteiger partial charge is 0.325 e. The van der Waals surface area contributed by atoms with Gasteiger partial charge in [0.2, 0.25) is 5.13 Å². The van der Waals surface area contributed by atoms with E-state index in [0.717, 1.165) is 26.3 Å². The first-order valence-corrected chi connectivity index (χ1v) is 8.87. The van der Waals surface area contributed by atoms with Crippen LogP contribution in [0.5, 0.6) is 0 Å². The average molecular weight is 403 g/mol. The number of aryl methyl sites for hydroxylation is 2. The standard InChI is InChI=1S/C17H15BrN4OS/c1-10-3-8-14(9-11(10)2)19-16(23)20-17-22-21-15(24-17)12-4-6-13(18)7-5-12/h3-9H,1-2H3,(H2,19,20,22,23). The summed E-state index contributed by atoms with van der Waals surface area (Å²) in [7, 11) is 0. The Morgan fingerprint density at radius 3 is 2.46 bits per heavy atom. The van der Waals surface area contributed by atoms with Crippen LogP contribution in [0.1, 0.15) is 11.1 Å². The van der Waals surface area contributed by atoms with E-state index < -0.39 is 0 Å². The molecule has 0 saturated carbocycles. The molecule has 2 amide bonds. The highest BCUT2D eigenvalue weighted by molar-refractivity contribution is 9.10. The molecule has 0 bridgehead atoms. The maximum atomic E-state index is 12.1. The molecule has 0 aliphatic rings.